The number of halogens is 1. The molecule has 2 heterocycles. The van der Waals surface area contributed by atoms with Crippen molar-refractivity contribution in [1.82, 2.24) is 10.3 Å². The van der Waals surface area contributed by atoms with Crippen molar-refractivity contribution in [1.29, 1.82) is 0 Å². The lowest BCUT2D eigenvalue weighted by Gasteiger charge is -2.32. The number of carbonyl (C=O) groups is 1. The Morgan fingerprint density at radius 1 is 1.38 bits per heavy atom. The summed E-state index contributed by atoms with van der Waals surface area (Å²) in [5.41, 5.74) is 0.212. The minimum atomic E-state index is -0.534. The highest BCUT2D eigenvalue weighted by Crippen LogP contribution is 2.19. The van der Waals surface area contributed by atoms with Gasteiger partial charge < -0.3 is 24.9 Å². The molecule has 3 rings (SSSR count). The first-order valence-corrected chi connectivity index (χ1v) is 8.58. The molecule has 2 atom stereocenters. The molecule has 1 saturated heterocycles. The van der Waals surface area contributed by atoms with Crippen molar-refractivity contribution in [3.05, 3.63) is 63.0 Å². The lowest BCUT2D eigenvalue weighted by molar-refractivity contribution is -0.00291. The standard InChI is InChI=1S/C18H19ClN2O5/c19-12-7-14(17(23)20-8-12)18(24)21-15-10-25-6-5-16(15)26-13-3-1-11(9-22)2-4-13/h1-4,7-8,15-16,22H,5-6,9-10H2,(H,20,23)(H,21,24)/t15-,16-/m1/s1. The van der Waals surface area contributed by atoms with E-state index in [4.69, 9.17) is 26.2 Å². The molecular weight excluding hydrogens is 360 g/mol. The van der Waals surface area contributed by atoms with E-state index in [0.717, 1.165) is 5.56 Å². The van der Waals surface area contributed by atoms with Crippen LogP contribution < -0.4 is 15.6 Å². The van der Waals surface area contributed by atoms with Crippen molar-refractivity contribution >= 4 is 17.5 Å². The van der Waals surface area contributed by atoms with Crippen LogP contribution in [0.2, 0.25) is 5.02 Å². The number of pyridine rings is 1. The number of benzene rings is 1. The molecule has 3 N–H and O–H groups in total. The average Bonchev–Trinajstić information content (AvgIpc) is 2.66. The number of carbonyl (C=O) groups excluding carboxylic acids is 1. The normalized spacial score (nSPS) is 19.8. The largest absolute Gasteiger partial charge is 0.488 e. The second-order valence-corrected chi connectivity index (χ2v) is 6.40. The molecule has 26 heavy (non-hydrogen) atoms. The maximum atomic E-state index is 12.4. The van der Waals surface area contributed by atoms with Crippen molar-refractivity contribution < 1.29 is 19.4 Å². The number of ether oxygens (including phenoxy) is 2. The molecule has 0 aliphatic carbocycles. The molecule has 1 aliphatic heterocycles. The van der Waals surface area contributed by atoms with Crippen molar-refractivity contribution in [2.75, 3.05) is 13.2 Å². The second-order valence-electron chi connectivity index (χ2n) is 5.96. The highest BCUT2D eigenvalue weighted by molar-refractivity contribution is 6.30. The maximum Gasteiger partial charge on any atom is 0.260 e. The zero-order valence-corrected chi connectivity index (χ0v) is 14.7. The Bertz CT molecular complexity index is 821. The monoisotopic (exact) mass is 378 g/mol. The molecule has 2 aromatic rings. The number of hydrogen-bond donors (Lipinski definition) is 3. The number of rotatable bonds is 5. The lowest BCUT2D eigenvalue weighted by Crippen LogP contribution is -2.52. The van der Waals surface area contributed by atoms with Crippen molar-refractivity contribution in [2.24, 2.45) is 0 Å². The predicted octanol–water partition coefficient (Wildman–Crippen LogP) is 1.49. The van der Waals surface area contributed by atoms with Crippen LogP contribution in [0.15, 0.2) is 41.3 Å². The molecule has 1 amide bonds. The van der Waals surface area contributed by atoms with E-state index in [2.05, 4.69) is 10.3 Å². The number of aromatic nitrogens is 1. The maximum absolute atomic E-state index is 12.4. The SMILES string of the molecule is O=C(N[C@@H]1COCC[C@H]1Oc1ccc(CO)cc1)c1cc(Cl)c[nH]c1=O. The first kappa shape index (κ1) is 18.4. The zero-order chi connectivity index (χ0) is 18.5. The summed E-state index contributed by atoms with van der Waals surface area (Å²) in [5, 5.41) is 12.2. The third-order valence-electron chi connectivity index (χ3n) is 4.12. The van der Waals surface area contributed by atoms with Gasteiger partial charge in [0.25, 0.3) is 11.5 Å². The van der Waals surface area contributed by atoms with Crippen LogP contribution in [-0.4, -0.2) is 41.4 Å². The van der Waals surface area contributed by atoms with Crippen LogP contribution in [0.5, 0.6) is 5.75 Å². The first-order valence-electron chi connectivity index (χ1n) is 8.20. The molecule has 7 nitrogen and oxygen atoms in total. The number of amides is 1. The Labute approximate surface area is 154 Å². The average molecular weight is 379 g/mol. The molecule has 1 aromatic heterocycles. The molecule has 0 unspecified atom stereocenters. The molecule has 0 radical (unpaired) electrons. The summed E-state index contributed by atoms with van der Waals surface area (Å²) in [6.45, 7) is 0.761. The summed E-state index contributed by atoms with van der Waals surface area (Å²) in [5.74, 6) is 0.0995. The summed E-state index contributed by atoms with van der Waals surface area (Å²) >= 11 is 5.85. The van der Waals surface area contributed by atoms with Gasteiger partial charge in [-0.3, -0.25) is 9.59 Å². The fourth-order valence-electron chi connectivity index (χ4n) is 2.71. The Morgan fingerprint density at radius 2 is 2.15 bits per heavy atom. The van der Waals surface area contributed by atoms with E-state index < -0.39 is 17.5 Å². The topological polar surface area (TPSA) is 101 Å². The van der Waals surface area contributed by atoms with Gasteiger partial charge in [0.05, 0.1) is 30.9 Å². The van der Waals surface area contributed by atoms with Crippen LogP contribution in [0.3, 0.4) is 0 Å². The predicted molar refractivity (Wildman–Crippen MR) is 95.5 cm³/mol. The fourth-order valence-corrected chi connectivity index (χ4v) is 2.88. The van der Waals surface area contributed by atoms with Crippen molar-refractivity contribution in [3.63, 3.8) is 0 Å². The number of H-pyrrole nitrogens is 1. The third-order valence-corrected chi connectivity index (χ3v) is 4.33. The summed E-state index contributed by atoms with van der Waals surface area (Å²) < 4.78 is 11.4. The summed E-state index contributed by atoms with van der Waals surface area (Å²) in [6.07, 6.45) is 1.62. The quantitative estimate of drug-likeness (QED) is 0.731. The number of aliphatic hydroxyl groups excluding tert-OH is 1. The van der Waals surface area contributed by atoms with Gasteiger partial charge in [0, 0.05) is 12.6 Å². The van der Waals surface area contributed by atoms with E-state index in [-0.39, 0.29) is 29.9 Å². The molecule has 138 valence electrons. The number of aliphatic hydroxyl groups is 1. The van der Waals surface area contributed by atoms with Crippen LogP contribution in [0.25, 0.3) is 0 Å². The van der Waals surface area contributed by atoms with Gasteiger partial charge in [0.15, 0.2) is 0 Å². The Morgan fingerprint density at radius 3 is 2.88 bits per heavy atom. The van der Waals surface area contributed by atoms with Gasteiger partial charge in [-0.15, -0.1) is 0 Å². The Kier molecular flexibility index (Phi) is 5.92. The van der Waals surface area contributed by atoms with E-state index in [9.17, 15) is 9.59 Å². The van der Waals surface area contributed by atoms with E-state index in [1.165, 1.54) is 12.3 Å². The summed E-state index contributed by atoms with van der Waals surface area (Å²) in [7, 11) is 0. The number of nitrogens with one attached hydrogen (secondary N) is 2. The molecule has 0 bridgehead atoms. The third kappa shape index (κ3) is 4.43. The smallest absolute Gasteiger partial charge is 0.260 e. The van der Waals surface area contributed by atoms with Gasteiger partial charge >= 0.3 is 0 Å². The Hall–Kier alpha value is -2.35. The first-order chi connectivity index (χ1) is 12.6. The van der Waals surface area contributed by atoms with Crippen LogP contribution in [0, 0.1) is 0 Å². The molecule has 0 spiro atoms. The van der Waals surface area contributed by atoms with Crippen LogP contribution in [-0.2, 0) is 11.3 Å². The highest BCUT2D eigenvalue weighted by Gasteiger charge is 2.30. The van der Waals surface area contributed by atoms with Crippen LogP contribution in [0.4, 0.5) is 0 Å². The van der Waals surface area contributed by atoms with Gasteiger partial charge in [-0.1, -0.05) is 23.7 Å². The van der Waals surface area contributed by atoms with Crippen LogP contribution >= 0.6 is 11.6 Å². The number of hydrogen-bond acceptors (Lipinski definition) is 5. The minimum Gasteiger partial charge on any atom is -0.488 e. The molecule has 0 saturated carbocycles. The van der Waals surface area contributed by atoms with Crippen LogP contribution in [0.1, 0.15) is 22.3 Å². The molecule has 1 aliphatic rings. The van der Waals surface area contributed by atoms with E-state index in [1.807, 2.05) is 0 Å². The number of aromatic amines is 1. The summed E-state index contributed by atoms with van der Waals surface area (Å²) in [4.78, 5) is 26.7. The van der Waals surface area contributed by atoms with Gasteiger partial charge in [-0.2, -0.15) is 0 Å². The molecule has 1 fully saturated rings. The molecule has 8 heteroatoms. The highest BCUT2D eigenvalue weighted by atomic mass is 35.5. The van der Waals surface area contributed by atoms with Gasteiger partial charge in [-0.25, -0.2) is 0 Å². The van der Waals surface area contributed by atoms with E-state index in [1.54, 1.807) is 24.3 Å². The minimum absolute atomic E-state index is 0.0373. The van der Waals surface area contributed by atoms with Gasteiger partial charge in [-0.05, 0) is 23.8 Å². The van der Waals surface area contributed by atoms with E-state index >= 15 is 0 Å². The van der Waals surface area contributed by atoms with Crippen molar-refractivity contribution in [2.45, 2.75) is 25.2 Å². The Balaban J connectivity index is 1.71. The van der Waals surface area contributed by atoms with E-state index in [0.29, 0.717) is 18.8 Å². The second kappa shape index (κ2) is 8.35. The van der Waals surface area contributed by atoms with Crippen molar-refractivity contribution in [3.8, 4) is 5.75 Å². The van der Waals surface area contributed by atoms with Gasteiger partial charge in [0.2, 0.25) is 0 Å². The molecule has 1 aromatic carbocycles. The zero-order valence-electron chi connectivity index (χ0n) is 13.9. The van der Waals surface area contributed by atoms with Gasteiger partial charge in [0.1, 0.15) is 17.4 Å². The lowest BCUT2D eigenvalue weighted by atomic mass is 10.1. The summed E-state index contributed by atoms with van der Waals surface area (Å²) in [6, 6.07) is 7.99. The molecular formula is C18H19ClN2O5. The fraction of sp³-hybridized carbons (Fsp3) is 0.333.